The number of hydrogen-bond acceptors (Lipinski definition) is 3. The Hall–Kier alpha value is -0.650. The van der Waals surface area contributed by atoms with Crippen LogP contribution in [0.3, 0.4) is 0 Å². The van der Waals surface area contributed by atoms with Gasteiger partial charge in [-0.1, -0.05) is 6.92 Å². The van der Waals surface area contributed by atoms with E-state index in [0.29, 0.717) is 6.04 Å². The second-order valence-electron chi connectivity index (χ2n) is 4.32. The van der Waals surface area contributed by atoms with Crippen molar-refractivity contribution in [3.8, 4) is 0 Å². The number of likely N-dealkylation sites (N-methyl/N-ethyl adjacent to an activating group) is 1. The van der Waals surface area contributed by atoms with Gasteiger partial charge in [0.05, 0.1) is 5.69 Å². The first-order valence-electron chi connectivity index (χ1n) is 6.07. The second-order valence-corrected chi connectivity index (χ2v) is 6.18. The van der Waals surface area contributed by atoms with Crippen LogP contribution in [0.25, 0.3) is 0 Å². The molecule has 0 saturated heterocycles. The molecule has 1 atom stereocenters. The molecule has 0 saturated carbocycles. The molecule has 0 bridgehead atoms. The fraction of sp³-hybridized carbons (Fsp3) is 0.462. The number of nitrogens with zero attached hydrogens (tertiary/aromatic N) is 2. The summed E-state index contributed by atoms with van der Waals surface area (Å²) in [7, 11) is 4.03. The first-order chi connectivity index (χ1) is 8.63. The smallest absolute Gasteiger partial charge is 0.0624 e. The molecule has 5 heteroatoms. The van der Waals surface area contributed by atoms with Gasteiger partial charge in [-0.2, -0.15) is 5.10 Å². The summed E-state index contributed by atoms with van der Waals surface area (Å²) in [4.78, 5) is 1.35. The predicted molar refractivity (Wildman–Crippen MR) is 80.1 cm³/mol. The molecule has 2 heterocycles. The standard InChI is InChI=1S/C13H18BrN3S/c1-4-10-6-11(17(3)16-10)7-12(15-2)13-5-9(14)8-18-13/h5-6,8,12,15H,4,7H2,1-3H3. The number of aryl methyl sites for hydroxylation is 2. The lowest BCUT2D eigenvalue weighted by atomic mass is 10.1. The Bertz CT molecular complexity index is 518. The van der Waals surface area contributed by atoms with Crippen molar-refractivity contribution in [2.45, 2.75) is 25.8 Å². The Labute approximate surface area is 120 Å². The van der Waals surface area contributed by atoms with E-state index in [4.69, 9.17) is 0 Å². The molecule has 1 N–H and O–H groups in total. The summed E-state index contributed by atoms with van der Waals surface area (Å²) in [6, 6.07) is 4.73. The summed E-state index contributed by atoms with van der Waals surface area (Å²) in [5.74, 6) is 0. The number of rotatable bonds is 5. The van der Waals surface area contributed by atoms with E-state index in [1.54, 1.807) is 11.3 Å². The molecule has 0 spiro atoms. The van der Waals surface area contributed by atoms with Crippen LogP contribution in [0.2, 0.25) is 0 Å². The van der Waals surface area contributed by atoms with Crippen molar-refractivity contribution in [3.63, 3.8) is 0 Å². The highest BCUT2D eigenvalue weighted by atomic mass is 79.9. The van der Waals surface area contributed by atoms with Crippen LogP contribution in [0.15, 0.2) is 22.0 Å². The van der Waals surface area contributed by atoms with E-state index < -0.39 is 0 Å². The lowest BCUT2D eigenvalue weighted by molar-refractivity contribution is 0.568. The molecule has 0 aliphatic rings. The summed E-state index contributed by atoms with van der Waals surface area (Å²) >= 11 is 5.29. The molecule has 2 aromatic heterocycles. The van der Waals surface area contributed by atoms with Gasteiger partial charge in [0.15, 0.2) is 0 Å². The highest BCUT2D eigenvalue weighted by Gasteiger charge is 2.15. The van der Waals surface area contributed by atoms with E-state index in [1.807, 2.05) is 18.8 Å². The van der Waals surface area contributed by atoms with Gasteiger partial charge in [-0.15, -0.1) is 11.3 Å². The van der Waals surface area contributed by atoms with E-state index in [2.05, 4.69) is 50.8 Å². The fourth-order valence-electron chi connectivity index (χ4n) is 2.00. The van der Waals surface area contributed by atoms with E-state index in [9.17, 15) is 0 Å². The van der Waals surface area contributed by atoms with Gasteiger partial charge >= 0.3 is 0 Å². The number of nitrogens with one attached hydrogen (secondary N) is 1. The minimum atomic E-state index is 0.349. The molecule has 1 unspecified atom stereocenters. The molecule has 98 valence electrons. The largest absolute Gasteiger partial charge is 0.312 e. The number of thiophene rings is 1. The van der Waals surface area contributed by atoms with Gasteiger partial charge in [0.25, 0.3) is 0 Å². The summed E-state index contributed by atoms with van der Waals surface area (Å²) in [5, 5.41) is 10.0. The molecule has 2 aromatic rings. The average molecular weight is 328 g/mol. The van der Waals surface area contributed by atoms with Gasteiger partial charge in [0.1, 0.15) is 0 Å². The molecule has 0 aliphatic carbocycles. The average Bonchev–Trinajstić information content (AvgIpc) is 2.93. The monoisotopic (exact) mass is 327 g/mol. The Morgan fingerprint density at radius 2 is 2.28 bits per heavy atom. The first-order valence-corrected chi connectivity index (χ1v) is 7.74. The van der Waals surface area contributed by atoms with Gasteiger partial charge in [-0.3, -0.25) is 4.68 Å². The Balaban J connectivity index is 2.17. The summed E-state index contributed by atoms with van der Waals surface area (Å²) in [6.45, 7) is 2.14. The van der Waals surface area contributed by atoms with Crippen molar-refractivity contribution in [1.82, 2.24) is 15.1 Å². The van der Waals surface area contributed by atoms with Crippen LogP contribution >= 0.6 is 27.3 Å². The highest BCUT2D eigenvalue weighted by molar-refractivity contribution is 9.10. The van der Waals surface area contributed by atoms with E-state index in [0.717, 1.165) is 23.0 Å². The van der Waals surface area contributed by atoms with Gasteiger partial charge in [-0.25, -0.2) is 0 Å². The molecule has 18 heavy (non-hydrogen) atoms. The van der Waals surface area contributed by atoms with Crippen LogP contribution in [0.4, 0.5) is 0 Å². The topological polar surface area (TPSA) is 29.9 Å². The van der Waals surface area contributed by atoms with E-state index in [-0.39, 0.29) is 0 Å². The van der Waals surface area contributed by atoms with Crippen molar-refractivity contribution >= 4 is 27.3 Å². The van der Waals surface area contributed by atoms with Crippen molar-refractivity contribution in [2.24, 2.45) is 7.05 Å². The summed E-state index contributed by atoms with van der Waals surface area (Å²) in [5.41, 5.74) is 2.44. The van der Waals surface area contributed by atoms with Crippen LogP contribution in [-0.2, 0) is 19.9 Å². The van der Waals surface area contributed by atoms with Crippen molar-refractivity contribution in [2.75, 3.05) is 7.05 Å². The van der Waals surface area contributed by atoms with E-state index >= 15 is 0 Å². The third kappa shape index (κ3) is 3.02. The van der Waals surface area contributed by atoms with Crippen LogP contribution in [0.5, 0.6) is 0 Å². The summed E-state index contributed by atoms with van der Waals surface area (Å²) in [6.07, 6.45) is 1.95. The number of hydrogen-bond donors (Lipinski definition) is 1. The fourth-order valence-corrected chi connectivity index (χ4v) is 3.56. The normalized spacial score (nSPS) is 12.9. The Morgan fingerprint density at radius 1 is 1.50 bits per heavy atom. The van der Waals surface area contributed by atoms with Gasteiger partial charge in [-0.05, 0) is 41.5 Å². The maximum Gasteiger partial charge on any atom is 0.0624 e. The molecule has 2 rings (SSSR count). The van der Waals surface area contributed by atoms with Crippen LogP contribution < -0.4 is 5.32 Å². The quantitative estimate of drug-likeness (QED) is 0.913. The van der Waals surface area contributed by atoms with Gasteiger partial charge < -0.3 is 5.32 Å². The number of halogens is 1. The zero-order chi connectivity index (χ0) is 13.1. The van der Waals surface area contributed by atoms with Crippen LogP contribution in [0.1, 0.15) is 29.2 Å². The minimum absolute atomic E-state index is 0.349. The molecule has 3 nitrogen and oxygen atoms in total. The summed E-state index contributed by atoms with van der Waals surface area (Å²) < 4.78 is 3.15. The van der Waals surface area contributed by atoms with Crippen LogP contribution in [0, 0.1) is 0 Å². The van der Waals surface area contributed by atoms with Crippen LogP contribution in [-0.4, -0.2) is 16.8 Å². The molecule has 0 aromatic carbocycles. The third-order valence-corrected chi connectivity index (χ3v) is 4.89. The third-order valence-electron chi connectivity index (χ3n) is 3.08. The van der Waals surface area contributed by atoms with Gasteiger partial charge in [0, 0.05) is 39.9 Å². The zero-order valence-corrected chi connectivity index (χ0v) is 13.3. The molecule has 0 radical (unpaired) electrons. The maximum atomic E-state index is 4.50. The molecule has 0 aliphatic heterocycles. The Kier molecular flexibility index (Phi) is 4.59. The molecule has 0 fully saturated rings. The van der Waals surface area contributed by atoms with Gasteiger partial charge in [0.2, 0.25) is 0 Å². The molecule has 0 amide bonds. The predicted octanol–water partition coefficient (Wildman–Crippen LogP) is 3.31. The van der Waals surface area contributed by atoms with Crippen molar-refractivity contribution in [1.29, 1.82) is 0 Å². The lowest BCUT2D eigenvalue weighted by Crippen LogP contribution is -2.19. The minimum Gasteiger partial charge on any atom is -0.312 e. The van der Waals surface area contributed by atoms with Crippen molar-refractivity contribution < 1.29 is 0 Å². The number of aromatic nitrogens is 2. The van der Waals surface area contributed by atoms with Crippen molar-refractivity contribution in [3.05, 3.63) is 38.3 Å². The first kappa shape index (κ1) is 13.8. The lowest BCUT2D eigenvalue weighted by Gasteiger charge is -2.14. The zero-order valence-electron chi connectivity index (χ0n) is 10.9. The second kappa shape index (κ2) is 5.99. The SMILES string of the molecule is CCc1cc(CC(NC)c2cc(Br)cs2)n(C)n1. The Morgan fingerprint density at radius 3 is 2.78 bits per heavy atom. The molecular formula is C13H18BrN3S. The maximum absolute atomic E-state index is 4.50. The molecular weight excluding hydrogens is 310 g/mol. The van der Waals surface area contributed by atoms with E-state index in [1.165, 1.54) is 10.6 Å². The highest BCUT2D eigenvalue weighted by Crippen LogP contribution is 2.27.